The minimum Gasteiger partial charge on any atom is -0.462 e. The number of ether oxygens (including phenoxy) is 1. The molecule has 0 saturated carbocycles. The zero-order chi connectivity index (χ0) is 13.7. The highest BCUT2D eigenvalue weighted by Crippen LogP contribution is 2.18. The molecule has 2 heterocycles. The number of carbonyl (C=O) groups excluding carboxylic acids is 1. The van der Waals surface area contributed by atoms with Crippen LogP contribution in [0.5, 0.6) is 0 Å². The second kappa shape index (κ2) is 6.52. The van der Waals surface area contributed by atoms with Crippen LogP contribution in [0.15, 0.2) is 18.3 Å². The van der Waals surface area contributed by atoms with Crippen molar-refractivity contribution in [1.29, 1.82) is 0 Å². The summed E-state index contributed by atoms with van der Waals surface area (Å²) >= 11 is 0. The zero-order valence-electron chi connectivity index (χ0n) is 11.6. The monoisotopic (exact) mass is 263 g/mol. The molecule has 0 atom stereocenters. The first-order chi connectivity index (χ1) is 9.22. The van der Waals surface area contributed by atoms with Crippen molar-refractivity contribution < 1.29 is 9.53 Å². The van der Waals surface area contributed by atoms with Crippen LogP contribution in [0.25, 0.3) is 0 Å². The molecule has 1 aliphatic rings. The minimum atomic E-state index is -0.314. The molecule has 104 valence electrons. The molecule has 2 rings (SSSR count). The molecular formula is C14H21N3O2. The number of anilines is 1. The number of hydrogen-bond acceptors (Lipinski definition) is 5. The van der Waals surface area contributed by atoms with Gasteiger partial charge in [-0.1, -0.05) is 0 Å². The van der Waals surface area contributed by atoms with E-state index in [2.05, 4.69) is 22.2 Å². The molecule has 1 saturated heterocycles. The Balaban J connectivity index is 2.02. The molecule has 1 aromatic rings. The Morgan fingerprint density at radius 1 is 1.47 bits per heavy atom. The van der Waals surface area contributed by atoms with Crippen molar-refractivity contribution in [3.63, 3.8) is 0 Å². The number of pyridine rings is 1. The van der Waals surface area contributed by atoms with Crippen molar-refractivity contribution in [3.05, 3.63) is 23.9 Å². The van der Waals surface area contributed by atoms with E-state index in [1.807, 2.05) is 6.07 Å². The summed E-state index contributed by atoms with van der Waals surface area (Å²) < 4.78 is 4.94. The van der Waals surface area contributed by atoms with Crippen molar-refractivity contribution in [2.75, 3.05) is 31.6 Å². The standard InChI is InChI=1S/C14H21N3O2/c1-3-19-14(18)11-4-5-13(16-10-11)17(2)12-6-8-15-9-7-12/h4-5,10,12,15H,3,6-9H2,1-2H3. The third kappa shape index (κ3) is 3.44. The minimum absolute atomic E-state index is 0.314. The van der Waals surface area contributed by atoms with Crippen LogP contribution in [0.1, 0.15) is 30.1 Å². The summed E-state index contributed by atoms with van der Waals surface area (Å²) in [5.74, 6) is 0.589. The Hall–Kier alpha value is -1.62. The van der Waals surface area contributed by atoms with Crippen molar-refractivity contribution in [1.82, 2.24) is 10.3 Å². The van der Waals surface area contributed by atoms with Gasteiger partial charge >= 0.3 is 5.97 Å². The lowest BCUT2D eigenvalue weighted by Gasteiger charge is -2.32. The van der Waals surface area contributed by atoms with Gasteiger partial charge in [-0.3, -0.25) is 0 Å². The smallest absolute Gasteiger partial charge is 0.339 e. The van der Waals surface area contributed by atoms with Gasteiger partial charge in [0.2, 0.25) is 0 Å². The lowest BCUT2D eigenvalue weighted by atomic mass is 10.1. The fourth-order valence-electron chi connectivity index (χ4n) is 2.31. The highest BCUT2D eigenvalue weighted by molar-refractivity contribution is 5.89. The van der Waals surface area contributed by atoms with Gasteiger partial charge in [-0.25, -0.2) is 9.78 Å². The maximum atomic E-state index is 11.5. The lowest BCUT2D eigenvalue weighted by molar-refractivity contribution is 0.0526. The van der Waals surface area contributed by atoms with E-state index in [4.69, 9.17) is 4.74 Å². The molecule has 0 unspecified atom stereocenters. The third-order valence-corrected chi connectivity index (χ3v) is 3.48. The molecule has 1 N–H and O–H groups in total. The Labute approximate surface area is 114 Å². The first-order valence-electron chi connectivity index (χ1n) is 6.79. The van der Waals surface area contributed by atoms with Crippen LogP contribution in [0.4, 0.5) is 5.82 Å². The van der Waals surface area contributed by atoms with Gasteiger partial charge in [0.05, 0.1) is 12.2 Å². The predicted octanol–water partition coefficient (Wildman–Crippen LogP) is 1.45. The maximum absolute atomic E-state index is 11.5. The van der Waals surface area contributed by atoms with E-state index in [9.17, 15) is 4.79 Å². The van der Waals surface area contributed by atoms with E-state index in [0.29, 0.717) is 18.2 Å². The topological polar surface area (TPSA) is 54.5 Å². The second-order valence-corrected chi connectivity index (χ2v) is 4.72. The van der Waals surface area contributed by atoms with Crippen LogP contribution >= 0.6 is 0 Å². The Bertz CT molecular complexity index is 413. The van der Waals surface area contributed by atoms with Crippen molar-refractivity contribution >= 4 is 11.8 Å². The summed E-state index contributed by atoms with van der Waals surface area (Å²) in [5, 5.41) is 3.35. The van der Waals surface area contributed by atoms with E-state index < -0.39 is 0 Å². The molecule has 19 heavy (non-hydrogen) atoms. The molecule has 0 aromatic carbocycles. The molecule has 5 nitrogen and oxygen atoms in total. The van der Waals surface area contributed by atoms with Crippen LogP contribution in [0, 0.1) is 0 Å². The molecule has 0 radical (unpaired) electrons. The first kappa shape index (κ1) is 13.8. The average molecular weight is 263 g/mol. The number of aromatic nitrogens is 1. The van der Waals surface area contributed by atoms with E-state index in [0.717, 1.165) is 31.7 Å². The molecule has 1 aliphatic heterocycles. The van der Waals surface area contributed by atoms with Gasteiger partial charge in [-0.05, 0) is 45.0 Å². The summed E-state index contributed by atoms with van der Waals surface area (Å²) in [5.41, 5.74) is 0.504. The Kier molecular flexibility index (Phi) is 4.74. The van der Waals surface area contributed by atoms with Gasteiger partial charge in [0.1, 0.15) is 5.82 Å². The van der Waals surface area contributed by atoms with Crippen LogP contribution in [0.2, 0.25) is 0 Å². The lowest BCUT2D eigenvalue weighted by Crippen LogP contribution is -2.41. The Morgan fingerprint density at radius 2 is 2.21 bits per heavy atom. The molecule has 0 amide bonds. The first-order valence-corrected chi connectivity index (χ1v) is 6.79. The highest BCUT2D eigenvalue weighted by atomic mass is 16.5. The summed E-state index contributed by atoms with van der Waals surface area (Å²) in [6.07, 6.45) is 3.83. The number of rotatable bonds is 4. The van der Waals surface area contributed by atoms with E-state index in [1.165, 1.54) is 0 Å². The summed E-state index contributed by atoms with van der Waals surface area (Å²) in [6, 6.07) is 4.17. The van der Waals surface area contributed by atoms with Gasteiger partial charge in [0.25, 0.3) is 0 Å². The van der Waals surface area contributed by atoms with Gasteiger partial charge < -0.3 is 15.0 Å². The number of nitrogens with one attached hydrogen (secondary N) is 1. The number of nitrogens with zero attached hydrogens (tertiary/aromatic N) is 2. The van der Waals surface area contributed by atoms with Gasteiger partial charge in [-0.15, -0.1) is 0 Å². The number of esters is 1. The molecule has 0 bridgehead atoms. The fraction of sp³-hybridized carbons (Fsp3) is 0.571. The Morgan fingerprint density at radius 3 is 2.79 bits per heavy atom. The van der Waals surface area contributed by atoms with E-state index >= 15 is 0 Å². The molecule has 0 aliphatic carbocycles. The second-order valence-electron chi connectivity index (χ2n) is 4.72. The maximum Gasteiger partial charge on any atom is 0.339 e. The molecule has 5 heteroatoms. The summed E-state index contributed by atoms with van der Waals surface area (Å²) in [4.78, 5) is 18.1. The molecular weight excluding hydrogens is 242 g/mol. The van der Waals surface area contributed by atoms with Gasteiger partial charge in [0.15, 0.2) is 0 Å². The highest BCUT2D eigenvalue weighted by Gasteiger charge is 2.19. The van der Waals surface area contributed by atoms with Crippen molar-refractivity contribution in [2.24, 2.45) is 0 Å². The van der Waals surface area contributed by atoms with E-state index in [-0.39, 0.29) is 5.97 Å². The number of carbonyl (C=O) groups is 1. The van der Waals surface area contributed by atoms with Crippen LogP contribution in [-0.4, -0.2) is 43.7 Å². The predicted molar refractivity (Wildman–Crippen MR) is 74.5 cm³/mol. The van der Waals surface area contributed by atoms with Crippen LogP contribution < -0.4 is 10.2 Å². The van der Waals surface area contributed by atoms with Crippen LogP contribution in [0.3, 0.4) is 0 Å². The average Bonchev–Trinajstić information content (AvgIpc) is 2.48. The van der Waals surface area contributed by atoms with Crippen LogP contribution in [-0.2, 0) is 4.74 Å². The third-order valence-electron chi connectivity index (χ3n) is 3.48. The summed E-state index contributed by atoms with van der Waals surface area (Å²) in [7, 11) is 2.06. The normalized spacial score (nSPS) is 16.1. The van der Waals surface area contributed by atoms with Gasteiger partial charge in [-0.2, -0.15) is 0 Å². The fourth-order valence-corrected chi connectivity index (χ4v) is 2.31. The van der Waals surface area contributed by atoms with Gasteiger partial charge in [0, 0.05) is 19.3 Å². The molecule has 0 spiro atoms. The van der Waals surface area contributed by atoms with Crippen molar-refractivity contribution in [2.45, 2.75) is 25.8 Å². The molecule has 1 fully saturated rings. The van der Waals surface area contributed by atoms with E-state index in [1.54, 1.807) is 19.2 Å². The SMILES string of the molecule is CCOC(=O)c1ccc(N(C)C2CCNCC2)nc1. The quantitative estimate of drug-likeness (QED) is 0.833. The largest absolute Gasteiger partial charge is 0.462 e. The molecule has 1 aromatic heterocycles. The summed E-state index contributed by atoms with van der Waals surface area (Å²) in [6.45, 7) is 4.28. The number of piperidine rings is 1. The van der Waals surface area contributed by atoms with Crippen molar-refractivity contribution in [3.8, 4) is 0 Å². The zero-order valence-corrected chi connectivity index (χ0v) is 11.6. The number of hydrogen-bond donors (Lipinski definition) is 1.